The van der Waals surface area contributed by atoms with E-state index in [4.69, 9.17) is 9.15 Å². The zero-order chi connectivity index (χ0) is 33.2. The summed E-state index contributed by atoms with van der Waals surface area (Å²) in [6.45, 7) is 6.06. The van der Waals surface area contributed by atoms with Gasteiger partial charge in [-0.25, -0.2) is 9.37 Å². The molecule has 2 aromatic carbocycles. The maximum atomic E-state index is 14.7. The van der Waals surface area contributed by atoms with Crippen LogP contribution in [0.5, 0.6) is 5.75 Å². The summed E-state index contributed by atoms with van der Waals surface area (Å²) in [7, 11) is 0. The van der Waals surface area contributed by atoms with E-state index in [9.17, 15) is 19.1 Å². The molecule has 2 atom stereocenters. The Hall–Kier alpha value is -4.61. The van der Waals surface area contributed by atoms with Gasteiger partial charge in [-0.1, -0.05) is 19.9 Å². The topological polar surface area (TPSA) is 130 Å². The molecule has 3 heterocycles. The Morgan fingerprint density at radius 1 is 1.04 bits per heavy atom. The summed E-state index contributed by atoms with van der Waals surface area (Å²) in [5, 5.41) is 17.6. The van der Waals surface area contributed by atoms with Crippen LogP contribution in [0.2, 0.25) is 0 Å². The van der Waals surface area contributed by atoms with Crippen LogP contribution in [0.15, 0.2) is 71.7 Å². The highest BCUT2D eigenvalue weighted by atomic mass is 19.1. The van der Waals surface area contributed by atoms with Crippen molar-refractivity contribution in [3.63, 3.8) is 0 Å². The molecule has 2 aromatic heterocycles. The van der Waals surface area contributed by atoms with Crippen molar-refractivity contribution in [1.29, 1.82) is 0 Å². The molecule has 4 bridgehead atoms. The Morgan fingerprint density at radius 3 is 2.64 bits per heavy atom. The van der Waals surface area contributed by atoms with Gasteiger partial charge in [0.2, 0.25) is 5.89 Å². The number of nitrogens with zero attached hydrogens (tertiary/aromatic N) is 3. The predicted molar refractivity (Wildman–Crippen MR) is 176 cm³/mol. The number of benzene rings is 2. The zero-order valence-electron chi connectivity index (χ0n) is 26.9. The molecule has 1 aliphatic heterocycles. The van der Waals surface area contributed by atoms with Crippen LogP contribution in [-0.4, -0.2) is 70.2 Å². The highest BCUT2D eigenvalue weighted by Crippen LogP contribution is 2.24. The fourth-order valence-electron chi connectivity index (χ4n) is 5.68. The SMILES string of the molecule is CCCN1CCCCOc2cc(F)cc(c2)C[C@@H]([C@H](O)CNCc2cncc(CC)c2)NC(=O)c2cc(cc(-c3ncco3)c2)C1=O. The Morgan fingerprint density at radius 2 is 1.85 bits per heavy atom. The number of carbonyl (C=O) groups is 2. The number of oxazole rings is 1. The van der Waals surface area contributed by atoms with Crippen molar-refractivity contribution in [2.24, 2.45) is 0 Å². The number of aryl methyl sites for hydroxylation is 1. The van der Waals surface area contributed by atoms with Gasteiger partial charge >= 0.3 is 0 Å². The summed E-state index contributed by atoms with van der Waals surface area (Å²) in [6.07, 6.45) is 8.55. The van der Waals surface area contributed by atoms with Crippen molar-refractivity contribution in [2.75, 3.05) is 26.2 Å². The van der Waals surface area contributed by atoms with Gasteiger partial charge in [-0.05, 0) is 79.1 Å². The number of pyridine rings is 1. The number of aromatic nitrogens is 2. The van der Waals surface area contributed by atoms with E-state index in [1.54, 1.807) is 35.4 Å². The summed E-state index contributed by atoms with van der Waals surface area (Å²) in [4.78, 5) is 38.0. The van der Waals surface area contributed by atoms with Gasteiger partial charge in [0.1, 0.15) is 17.8 Å². The van der Waals surface area contributed by atoms with E-state index in [-0.39, 0.29) is 30.3 Å². The van der Waals surface area contributed by atoms with Crippen LogP contribution in [0.4, 0.5) is 4.39 Å². The van der Waals surface area contributed by atoms with E-state index in [2.05, 4.69) is 33.6 Å². The van der Waals surface area contributed by atoms with Crippen LogP contribution in [0.25, 0.3) is 11.5 Å². The molecule has 0 saturated heterocycles. The number of amides is 2. The third-order valence-electron chi connectivity index (χ3n) is 8.10. The second-order valence-corrected chi connectivity index (χ2v) is 11.8. The van der Waals surface area contributed by atoms with E-state index >= 15 is 0 Å². The number of hydrogen-bond donors (Lipinski definition) is 3. The molecule has 2 amide bonds. The van der Waals surface area contributed by atoms with Crippen molar-refractivity contribution in [3.8, 4) is 17.2 Å². The van der Waals surface area contributed by atoms with Crippen LogP contribution in [0.3, 0.4) is 0 Å². The van der Waals surface area contributed by atoms with Crippen LogP contribution in [0.1, 0.15) is 70.5 Å². The van der Waals surface area contributed by atoms with Crippen molar-refractivity contribution < 1.29 is 28.2 Å². The van der Waals surface area contributed by atoms with E-state index < -0.39 is 23.9 Å². The second-order valence-electron chi connectivity index (χ2n) is 11.8. The third-order valence-corrected chi connectivity index (χ3v) is 8.10. The fourth-order valence-corrected chi connectivity index (χ4v) is 5.68. The lowest BCUT2D eigenvalue weighted by Crippen LogP contribution is -2.48. The standard InChI is InChI=1S/C36H42FN5O5/c1-3-8-42-9-5-6-10-46-31-14-25(13-30(37)19-31)15-32(33(43)23-39-22-26-12-24(4-2)20-38-21-26)41-34(44)27-16-28(35-40-7-11-47-35)18-29(17-27)36(42)45/h7,11-14,16-21,32-33,39,43H,3-6,8-10,15,22-23H2,1-2H3,(H,41,44)/t32-,33+/m0/s1. The summed E-state index contributed by atoms with van der Waals surface area (Å²) in [5.74, 6) is -0.548. The van der Waals surface area contributed by atoms with Crippen LogP contribution in [0, 0.1) is 5.82 Å². The molecule has 0 fully saturated rings. The van der Waals surface area contributed by atoms with E-state index in [0.29, 0.717) is 61.5 Å². The molecule has 0 saturated carbocycles. The van der Waals surface area contributed by atoms with E-state index in [0.717, 1.165) is 24.0 Å². The van der Waals surface area contributed by atoms with Crippen molar-refractivity contribution >= 4 is 11.8 Å². The van der Waals surface area contributed by atoms with Crippen LogP contribution < -0.4 is 15.4 Å². The Bertz CT molecular complexity index is 1650. The van der Waals surface area contributed by atoms with Gasteiger partial charge in [-0.2, -0.15) is 0 Å². The molecule has 0 unspecified atom stereocenters. The summed E-state index contributed by atoms with van der Waals surface area (Å²) >= 11 is 0. The van der Waals surface area contributed by atoms with Gasteiger partial charge in [0, 0.05) is 61.3 Å². The maximum Gasteiger partial charge on any atom is 0.253 e. The molecular formula is C36H42FN5O5. The smallest absolute Gasteiger partial charge is 0.253 e. The minimum Gasteiger partial charge on any atom is -0.493 e. The first-order chi connectivity index (χ1) is 22.8. The quantitative estimate of drug-likeness (QED) is 0.234. The molecule has 4 aromatic rings. The summed E-state index contributed by atoms with van der Waals surface area (Å²) in [6, 6.07) is 10.5. The lowest BCUT2D eigenvalue weighted by Gasteiger charge is -2.25. The monoisotopic (exact) mass is 643 g/mol. The minimum absolute atomic E-state index is 0.130. The van der Waals surface area contributed by atoms with Gasteiger partial charge in [0.05, 0.1) is 24.9 Å². The molecule has 0 aliphatic carbocycles. The number of ether oxygens (including phenoxy) is 1. The summed E-state index contributed by atoms with van der Waals surface area (Å²) < 4.78 is 26.2. The van der Waals surface area contributed by atoms with Gasteiger partial charge in [-0.3, -0.25) is 14.6 Å². The Labute approximate surface area is 274 Å². The molecular weight excluding hydrogens is 601 g/mol. The molecule has 0 radical (unpaired) electrons. The highest BCUT2D eigenvalue weighted by Gasteiger charge is 2.25. The fraction of sp³-hybridized carbons (Fsp3) is 0.389. The number of aliphatic hydroxyl groups excluding tert-OH is 1. The molecule has 11 heteroatoms. The number of rotatable bonds is 9. The number of carbonyl (C=O) groups excluding carboxylic acids is 2. The average Bonchev–Trinajstić information content (AvgIpc) is 3.62. The van der Waals surface area contributed by atoms with Gasteiger partial charge in [0.25, 0.3) is 11.8 Å². The molecule has 5 rings (SSSR count). The highest BCUT2D eigenvalue weighted by molar-refractivity contribution is 6.01. The number of aliphatic hydroxyl groups is 1. The number of nitrogens with one attached hydrogen (secondary N) is 2. The Kier molecular flexibility index (Phi) is 11.7. The van der Waals surface area contributed by atoms with Crippen LogP contribution >= 0.6 is 0 Å². The van der Waals surface area contributed by atoms with Crippen molar-refractivity contribution in [2.45, 2.75) is 64.6 Å². The average molecular weight is 644 g/mol. The molecule has 0 spiro atoms. The number of fused-ring (bicyclic) bond motifs is 4. The zero-order valence-corrected chi connectivity index (χ0v) is 26.9. The molecule has 3 N–H and O–H groups in total. The minimum atomic E-state index is -1.05. The molecule has 10 nitrogen and oxygen atoms in total. The Balaban J connectivity index is 1.47. The predicted octanol–water partition coefficient (Wildman–Crippen LogP) is 4.95. The second kappa shape index (κ2) is 16.3. The van der Waals surface area contributed by atoms with Gasteiger partial charge < -0.3 is 29.8 Å². The van der Waals surface area contributed by atoms with E-state index in [1.165, 1.54) is 24.6 Å². The van der Waals surface area contributed by atoms with E-state index in [1.807, 2.05) is 13.1 Å². The van der Waals surface area contributed by atoms with Crippen LogP contribution in [-0.2, 0) is 19.4 Å². The number of halogens is 1. The maximum absolute atomic E-state index is 14.7. The lowest BCUT2D eigenvalue weighted by molar-refractivity contribution is 0.0750. The van der Waals surface area contributed by atoms with Crippen molar-refractivity contribution in [3.05, 3.63) is 101 Å². The first kappa shape index (κ1) is 33.7. The third kappa shape index (κ3) is 9.24. The largest absolute Gasteiger partial charge is 0.493 e. The summed E-state index contributed by atoms with van der Waals surface area (Å²) in [5.41, 5.74) is 3.66. The molecule has 248 valence electrons. The number of hydrogen-bond acceptors (Lipinski definition) is 8. The first-order valence-electron chi connectivity index (χ1n) is 16.2. The van der Waals surface area contributed by atoms with Crippen molar-refractivity contribution in [1.82, 2.24) is 25.5 Å². The normalized spacial score (nSPS) is 16.7. The molecule has 1 aliphatic rings. The van der Waals surface area contributed by atoms with Gasteiger partial charge in [0.15, 0.2) is 0 Å². The lowest BCUT2D eigenvalue weighted by atomic mass is 9.99. The first-order valence-corrected chi connectivity index (χ1v) is 16.2. The molecule has 47 heavy (non-hydrogen) atoms. The van der Waals surface area contributed by atoms with Gasteiger partial charge in [-0.15, -0.1) is 0 Å².